The number of carboxylic acid groups (broad SMARTS) is 1. The molecular weight excluding hydrogens is 582 g/mol. The summed E-state index contributed by atoms with van der Waals surface area (Å²) < 4.78 is 0. The largest absolute Gasteiger partial charge is 0.508 e. The second kappa shape index (κ2) is 16.8. The first-order valence-electron chi connectivity index (χ1n) is 14.7. The third kappa shape index (κ3) is 10.6. The number of nitrogens with one attached hydrogen (secondary N) is 4. The standard InChI is InChI=1S/C31H41N7O7/c32-14-4-3-6-22(33)28(41)37-26(16-19-17-35-23-7-2-1-5-21(19)23)30(43)38-25(15-18-8-10-20(39)11-9-18)29(42)36-24(31(44)45)12-13-27(34)40/h1-2,5,7-11,17,22,24-26,35,39H,3-4,6,12-16,32-33H2,(H2,34,40)(H,36,42)(H,37,41)(H,38,43)(H,44,45). The molecule has 4 amide bonds. The van der Waals surface area contributed by atoms with E-state index in [2.05, 4.69) is 20.9 Å². The SMILES string of the molecule is NCCCCC(N)C(=O)NC(Cc1c[nH]c2ccccc12)C(=O)NC(Cc1ccc(O)cc1)C(=O)NC(CCC(N)=O)C(=O)O. The number of benzene rings is 2. The van der Waals surface area contributed by atoms with Gasteiger partial charge in [0.15, 0.2) is 0 Å². The molecule has 0 bridgehead atoms. The molecule has 1 heterocycles. The number of aromatic amines is 1. The number of carbonyl (C=O) groups is 5. The second-order valence-corrected chi connectivity index (χ2v) is 10.9. The van der Waals surface area contributed by atoms with Crippen molar-refractivity contribution in [3.63, 3.8) is 0 Å². The fraction of sp³-hybridized carbons (Fsp3) is 0.387. The lowest BCUT2D eigenvalue weighted by Gasteiger charge is -2.25. The number of primary amides is 1. The van der Waals surface area contributed by atoms with Crippen molar-refractivity contribution < 1.29 is 34.2 Å². The van der Waals surface area contributed by atoms with Gasteiger partial charge in [-0.1, -0.05) is 36.8 Å². The van der Waals surface area contributed by atoms with E-state index in [9.17, 15) is 34.2 Å². The molecule has 3 rings (SSSR count). The molecule has 242 valence electrons. The van der Waals surface area contributed by atoms with E-state index in [0.29, 0.717) is 31.4 Å². The fourth-order valence-electron chi connectivity index (χ4n) is 4.81. The smallest absolute Gasteiger partial charge is 0.326 e. The number of amides is 4. The van der Waals surface area contributed by atoms with E-state index in [1.807, 2.05) is 24.3 Å². The molecule has 0 aliphatic heterocycles. The Morgan fingerprint density at radius 2 is 1.42 bits per heavy atom. The van der Waals surface area contributed by atoms with Crippen LogP contribution in [0.15, 0.2) is 54.7 Å². The monoisotopic (exact) mass is 623 g/mol. The maximum Gasteiger partial charge on any atom is 0.326 e. The van der Waals surface area contributed by atoms with E-state index < -0.39 is 53.8 Å². The molecule has 0 saturated carbocycles. The van der Waals surface area contributed by atoms with E-state index in [-0.39, 0.29) is 31.4 Å². The van der Waals surface area contributed by atoms with Crippen LogP contribution in [-0.2, 0) is 36.8 Å². The van der Waals surface area contributed by atoms with Crippen molar-refractivity contribution >= 4 is 40.5 Å². The maximum atomic E-state index is 13.8. The molecule has 2 aromatic carbocycles. The Balaban J connectivity index is 1.88. The van der Waals surface area contributed by atoms with Gasteiger partial charge in [-0.15, -0.1) is 0 Å². The molecule has 0 radical (unpaired) electrons. The van der Waals surface area contributed by atoms with Crippen molar-refractivity contribution in [2.45, 2.75) is 69.1 Å². The Hall–Kier alpha value is -4.95. The number of rotatable bonds is 18. The van der Waals surface area contributed by atoms with Gasteiger partial charge in [-0.05, 0) is 55.1 Å². The van der Waals surface area contributed by atoms with E-state index >= 15 is 0 Å². The first-order valence-corrected chi connectivity index (χ1v) is 14.7. The number of phenols is 1. The van der Waals surface area contributed by atoms with Crippen LogP contribution in [0.25, 0.3) is 10.9 Å². The summed E-state index contributed by atoms with van der Waals surface area (Å²) in [5.74, 6) is -4.21. The van der Waals surface area contributed by atoms with Crippen LogP contribution in [0, 0.1) is 0 Å². The van der Waals surface area contributed by atoms with Gasteiger partial charge in [-0.25, -0.2) is 4.79 Å². The third-order valence-corrected chi connectivity index (χ3v) is 7.34. The number of H-pyrrole nitrogens is 1. The lowest BCUT2D eigenvalue weighted by Crippen LogP contribution is -2.58. The molecule has 4 unspecified atom stereocenters. The number of fused-ring (bicyclic) bond motifs is 1. The van der Waals surface area contributed by atoms with Gasteiger partial charge in [0.05, 0.1) is 6.04 Å². The number of aromatic hydroxyl groups is 1. The summed E-state index contributed by atoms with van der Waals surface area (Å²) >= 11 is 0. The highest BCUT2D eigenvalue weighted by Gasteiger charge is 2.31. The van der Waals surface area contributed by atoms with Crippen LogP contribution in [0.1, 0.15) is 43.2 Å². The van der Waals surface area contributed by atoms with Gasteiger partial charge in [0, 0.05) is 36.4 Å². The zero-order chi connectivity index (χ0) is 32.9. The Morgan fingerprint density at radius 1 is 0.800 bits per heavy atom. The number of aliphatic carboxylic acids is 1. The number of hydrogen-bond acceptors (Lipinski definition) is 8. The molecule has 1 aromatic heterocycles. The Morgan fingerprint density at radius 3 is 2.07 bits per heavy atom. The molecule has 12 N–H and O–H groups in total. The average Bonchev–Trinajstić information content (AvgIpc) is 3.41. The zero-order valence-electron chi connectivity index (χ0n) is 24.8. The van der Waals surface area contributed by atoms with E-state index in [4.69, 9.17) is 17.2 Å². The third-order valence-electron chi connectivity index (χ3n) is 7.34. The lowest BCUT2D eigenvalue weighted by molar-refractivity contribution is -0.142. The number of hydrogen-bond donors (Lipinski definition) is 9. The number of unbranched alkanes of at least 4 members (excludes halogenated alkanes) is 1. The summed E-state index contributed by atoms with van der Waals surface area (Å²) in [6.07, 6.45) is 2.85. The van der Waals surface area contributed by atoms with E-state index in [1.54, 1.807) is 18.3 Å². The quantitative estimate of drug-likeness (QED) is 0.0857. The van der Waals surface area contributed by atoms with Crippen molar-refractivity contribution in [2.75, 3.05) is 6.54 Å². The van der Waals surface area contributed by atoms with Crippen molar-refractivity contribution in [1.29, 1.82) is 0 Å². The molecule has 3 aromatic rings. The number of aromatic nitrogens is 1. The van der Waals surface area contributed by atoms with Crippen LogP contribution in [0.4, 0.5) is 0 Å². The highest BCUT2D eigenvalue weighted by atomic mass is 16.4. The molecule has 0 spiro atoms. The van der Waals surface area contributed by atoms with Gasteiger partial charge in [0.25, 0.3) is 0 Å². The molecule has 0 aliphatic carbocycles. The molecule has 14 nitrogen and oxygen atoms in total. The second-order valence-electron chi connectivity index (χ2n) is 10.9. The molecule has 4 atom stereocenters. The predicted molar refractivity (Wildman–Crippen MR) is 167 cm³/mol. The average molecular weight is 624 g/mol. The van der Waals surface area contributed by atoms with Crippen LogP contribution < -0.4 is 33.2 Å². The highest BCUT2D eigenvalue weighted by Crippen LogP contribution is 2.20. The molecule has 14 heteroatoms. The number of carbonyl (C=O) groups excluding carboxylic acids is 4. The minimum atomic E-state index is -1.45. The number of para-hydroxylation sites is 1. The minimum Gasteiger partial charge on any atom is -0.508 e. The summed E-state index contributed by atoms with van der Waals surface area (Å²) in [6.45, 7) is 0.454. The van der Waals surface area contributed by atoms with Crippen LogP contribution in [0.2, 0.25) is 0 Å². The normalized spacial score (nSPS) is 13.7. The first-order chi connectivity index (χ1) is 21.5. The highest BCUT2D eigenvalue weighted by molar-refractivity contribution is 5.95. The maximum absolute atomic E-state index is 13.8. The van der Waals surface area contributed by atoms with Crippen LogP contribution in [0.3, 0.4) is 0 Å². The fourth-order valence-corrected chi connectivity index (χ4v) is 4.81. The number of nitrogens with two attached hydrogens (primary N) is 3. The van der Waals surface area contributed by atoms with E-state index in [0.717, 1.165) is 16.5 Å². The van der Waals surface area contributed by atoms with Gasteiger partial charge in [0.1, 0.15) is 23.9 Å². The zero-order valence-corrected chi connectivity index (χ0v) is 24.8. The number of phenolic OH excluding ortho intramolecular Hbond substituents is 1. The summed E-state index contributed by atoms with van der Waals surface area (Å²) in [7, 11) is 0. The first kappa shape index (κ1) is 34.5. The van der Waals surface area contributed by atoms with Gasteiger partial charge in [-0.2, -0.15) is 0 Å². The Bertz CT molecular complexity index is 1470. The molecule has 0 aliphatic rings. The summed E-state index contributed by atoms with van der Waals surface area (Å²) in [5, 5.41) is 27.9. The predicted octanol–water partition coefficient (Wildman–Crippen LogP) is -0.0805. The van der Waals surface area contributed by atoms with Gasteiger partial charge >= 0.3 is 5.97 Å². The van der Waals surface area contributed by atoms with Crippen LogP contribution in [-0.4, -0.2) is 75.5 Å². The van der Waals surface area contributed by atoms with Crippen LogP contribution in [0.5, 0.6) is 5.75 Å². The van der Waals surface area contributed by atoms with Gasteiger partial charge < -0.3 is 48.3 Å². The summed E-state index contributed by atoms with van der Waals surface area (Å²) in [4.78, 5) is 66.5. The lowest BCUT2D eigenvalue weighted by atomic mass is 10.0. The topological polar surface area (TPSA) is 256 Å². The molecule has 0 fully saturated rings. The minimum absolute atomic E-state index is 0.00881. The molecule has 45 heavy (non-hydrogen) atoms. The molecular formula is C31H41N7O7. The van der Waals surface area contributed by atoms with Crippen molar-refractivity contribution in [1.82, 2.24) is 20.9 Å². The Labute approximate surface area is 260 Å². The van der Waals surface area contributed by atoms with Crippen molar-refractivity contribution in [2.24, 2.45) is 17.2 Å². The van der Waals surface area contributed by atoms with Gasteiger partial charge in [-0.3, -0.25) is 19.2 Å². The Kier molecular flexibility index (Phi) is 12.9. The summed E-state index contributed by atoms with van der Waals surface area (Å²) in [5.41, 5.74) is 18.9. The van der Waals surface area contributed by atoms with E-state index in [1.165, 1.54) is 12.1 Å². The van der Waals surface area contributed by atoms with Crippen LogP contribution >= 0.6 is 0 Å². The number of carboxylic acids is 1. The van der Waals surface area contributed by atoms with Crippen molar-refractivity contribution in [3.05, 3.63) is 65.9 Å². The summed E-state index contributed by atoms with van der Waals surface area (Å²) in [6, 6.07) is 8.57. The van der Waals surface area contributed by atoms with Gasteiger partial charge in [0.2, 0.25) is 23.6 Å². The molecule has 0 saturated heterocycles. The van der Waals surface area contributed by atoms with Crippen molar-refractivity contribution in [3.8, 4) is 5.75 Å².